The van der Waals surface area contributed by atoms with Gasteiger partial charge in [-0.3, -0.25) is 4.79 Å². The van der Waals surface area contributed by atoms with Crippen molar-refractivity contribution in [3.63, 3.8) is 0 Å². The molecule has 0 aliphatic rings. The monoisotopic (exact) mass is 281 g/mol. The molecule has 19 heavy (non-hydrogen) atoms. The molecule has 106 valence electrons. The Kier molecular flexibility index (Phi) is 4.67. The molecule has 1 aromatic rings. The van der Waals surface area contributed by atoms with Crippen LogP contribution in [0, 0.1) is 0 Å². The molecule has 1 amide bonds. The quantitative estimate of drug-likeness (QED) is 0.765. The van der Waals surface area contributed by atoms with Crippen molar-refractivity contribution in [2.24, 2.45) is 0 Å². The van der Waals surface area contributed by atoms with Crippen LogP contribution in [-0.2, 0) is 5.41 Å². The molecule has 0 spiro atoms. The van der Waals surface area contributed by atoms with Crippen LogP contribution in [0.4, 0.5) is 0 Å². The summed E-state index contributed by atoms with van der Waals surface area (Å²) in [7, 11) is 1.79. The van der Waals surface area contributed by atoms with Gasteiger partial charge in [-0.15, -0.1) is 11.6 Å². The fourth-order valence-corrected chi connectivity index (χ4v) is 1.85. The minimum Gasteiger partial charge on any atom is -0.335 e. The molecule has 0 aromatic heterocycles. The number of benzene rings is 1. The topological polar surface area (TPSA) is 20.3 Å². The lowest BCUT2D eigenvalue weighted by molar-refractivity contribution is 0.0660. The third kappa shape index (κ3) is 3.73. The summed E-state index contributed by atoms with van der Waals surface area (Å²) in [5, 5.41) is 0. The van der Waals surface area contributed by atoms with Crippen molar-refractivity contribution >= 4 is 17.5 Å². The molecule has 0 heterocycles. The molecular formula is C16H24ClNO. The van der Waals surface area contributed by atoms with Gasteiger partial charge in [0.1, 0.15) is 0 Å². The van der Waals surface area contributed by atoms with Gasteiger partial charge in [0.2, 0.25) is 0 Å². The Balaban J connectivity index is 2.96. The van der Waals surface area contributed by atoms with E-state index in [1.165, 1.54) is 5.56 Å². The molecule has 0 atom stereocenters. The summed E-state index contributed by atoms with van der Waals surface area (Å²) < 4.78 is 0. The van der Waals surface area contributed by atoms with Crippen LogP contribution in [0.3, 0.4) is 0 Å². The van der Waals surface area contributed by atoms with Crippen LogP contribution in [0.2, 0.25) is 0 Å². The molecule has 0 N–H and O–H groups in total. The van der Waals surface area contributed by atoms with Gasteiger partial charge in [0.05, 0.1) is 5.54 Å². The fraction of sp³-hybridized carbons (Fsp3) is 0.562. The minimum atomic E-state index is -0.346. The maximum absolute atomic E-state index is 12.4. The summed E-state index contributed by atoms with van der Waals surface area (Å²) in [5.74, 6) is 0.418. The van der Waals surface area contributed by atoms with E-state index in [1.807, 2.05) is 38.1 Å². The van der Waals surface area contributed by atoms with E-state index in [-0.39, 0.29) is 16.9 Å². The van der Waals surface area contributed by atoms with E-state index in [0.29, 0.717) is 11.4 Å². The van der Waals surface area contributed by atoms with Crippen molar-refractivity contribution < 1.29 is 4.79 Å². The third-order valence-electron chi connectivity index (χ3n) is 3.54. The second-order valence-electron chi connectivity index (χ2n) is 6.64. The molecule has 0 unspecified atom stereocenters. The Morgan fingerprint density at radius 1 is 1.11 bits per heavy atom. The molecule has 0 radical (unpaired) electrons. The number of nitrogens with zero attached hydrogens (tertiary/aromatic N) is 1. The zero-order chi connectivity index (χ0) is 14.8. The first kappa shape index (κ1) is 16.0. The standard InChI is InChI=1S/C16H24ClNO/c1-15(2,3)13-9-7-12(8-10-13)14(19)18(6)16(4,5)11-17/h7-10H,11H2,1-6H3. The predicted molar refractivity (Wildman–Crippen MR) is 82.0 cm³/mol. The molecule has 0 fully saturated rings. The minimum absolute atomic E-state index is 0.00566. The highest BCUT2D eigenvalue weighted by atomic mass is 35.5. The Morgan fingerprint density at radius 3 is 1.95 bits per heavy atom. The highest BCUT2D eigenvalue weighted by molar-refractivity contribution is 6.18. The number of halogens is 1. The molecular weight excluding hydrogens is 258 g/mol. The first-order chi connectivity index (χ1) is 8.59. The number of hydrogen-bond donors (Lipinski definition) is 0. The lowest BCUT2D eigenvalue weighted by atomic mass is 9.86. The molecule has 0 aliphatic carbocycles. The van der Waals surface area contributed by atoms with Gasteiger partial charge in [-0.1, -0.05) is 32.9 Å². The summed E-state index contributed by atoms with van der Waals surface area (Å²) in [4.78, 5) is 14.1. The number of amides is 1. The first-order valence-corrected chi connectivity index (χ1v) is 7.08. The molecule has 0 aliphatic heterocycles. The fourth-order valence-electron chi connectivity index (χ4n) is 1.67. The second kappa shape index (κ2) is 5.54. The van der Waals surface area contributed by atoms with Crippen LogP contribution < -0.4 is 0 Å². The predicted octanol–water partition coefficient (Wildman–Crippen LogP) is 4.07. The number of carbonyl (C=O) groups excluding carboxylic acids is 1. The summed E-state index contributed by atoms with van der Waals surface area (Å²) >= 11 is 5.91. The number of rotatable bonds is 3. The van der Waals surface area contributed by atoms with E-state index >= 15 is 0 Å². The smallest absolute Gasteiger partial charge is 0.254 e. The van der Waals surface area contributed by atoms with E-state index in [4.69, 9.17) is 11.6 Å². The van der Waals surface area contributed by atoms with Crippen LogP contribution in [0.5, 0.6) is 0 Å². The molecule has 0 saturated heterocycles. The Morgan fingerprint density at radius 2 is 1.58 bits per heavy atom. The van der Waals surface area contributed by atoms with Crippen LogP contribution in [0.25, 0.3) is 0 Å². The third-order valence-corrected chi connectivity index (χ3v) is 4.19. The van der Waals surface area contributed by atoms with E-state index in [0.717, 1.165) is 0 Å². The highest BCUT2D eigenvalue weighted by Crippen LogP contribution is 2.23. The largest absolute Gasteiger partial charge is 0.335 e. The van der Waals surface area contributed by atoms with Crippen molar-refractivity contribution in [3.05, 3.63) is 35.4 Å². The Labute approximate surface area is 121 Å². The van der Waals surface area contributed by atoms with E-state index < -0.39 is 0 Å². The maximum Gasteiger partial charge on any atom is 0.254 e. The lowest BCUT2D eigenvalue weighted by Gasteiger charge is -2.34. The van der Waals surface area contributed by atoms with Gasteiger partial charge < -0.3 is 4.90 Å². The number of carbonyl (C=O) groups is 1. The van der Waals surface area contributed by atoms with Crippen molar-refractivity contribution in [2.75, 3.05) is 12.9 Å². The zero-order valence-corrected chi connectivity index (χ0v) is 13.5. The normalized spacial score (nSPS) is 12.4. The van der Waals surface area contributed by atoms with Gasteiger partial charge in [-0.05, 0) is 37.0 Å². The summed E-state index contributed by atoms with van der Waals surface area (Å²) in [5.41, 5.74) is 1.68. The van der Waals surface area contributed by atoms with Gasteiger partial charge in [0.25, 0.3) is 5.91 Å². The molecule has 1 aromatic carbocycles. The molecule has 0 bridgehead atoms. The van der Waals surface area contributed by atoms with Gasteiger partial charge in [-0.25, -0.2) is 0 Å². The molecule has 2 nitrogen and oxygen atoms in total. The van der Waals surface area contributed by atoms with Crippen LogP contribution in [0.15, 0.2) is 24.3 Å². The lowest BCUT2D eigenvalue weighted by Crippen LogP contribution is -2.46. The van der Waals surface area contributed by atoms with Crippen LogP contribution in [0.1, 0.15) is 50.5 Å². The Hall–Kier alpha value is -1.02. The maximum atomic E-state index is 12.4. The van der Waals surface area contributed by atoms with Gasteiger partial charge in [-0.2, -0.15) is 0 Å². The van der Waals surface area contributed by atoms with E-state index in [1.54, 1.807) is 11.9 Å². The SMILES string of the molecule is CN(C(=O)c1ccc(C(C)(C)C)cc1)C(C)(C)CCl. The summed E-state index contributed by atoms with van der Waals surface area (Å²) in [6.07, 6.45) is 0. The average molecular weight is 282 g/mol. The molecule has 3 heteroatoms. The van der Waals surface area contributed by atoms with Gasteiger partial charge >= 0.3 is 0 Å². The van der Waals surface area contributed by atoms with Crippen molar-refractivity contribution in [3.8, 4) is 0 Å². The first-order valence-electron chi connectivity index (χ1n) is 6.54. The van der Waals surface area contributed by atoms with Crippen LogP contribution >= 0.6 is 11.6 Å². The summed E-state index contributed by atoms with van der Waals surface area (Å²) in [6, 6.07) is 7.83. The zero-order valence-electron chi connectivity index (χ0n) is 12.7. The van der Waals surface area contributed by atoms with Crippen molar-refractivity contribution in [2.45, 2.75) is 45.6 Å². The summed E-state index contributed by atoms with van der Waals surface area (Å²) in [6.45, 7) is 10.4. The number of hydrogen-bond acceptors (Lipinski definition) is 1. The van der Waals surface area contributed by atoms with E-state index in [2.05, 4.69) is 20.8 Å². The van der Waals surface area contributed by atoms with Gasteiger partial charge in [0.15, 0.2) is 0 Å². The molecule has 0 saturated carbocycles. The highest BCUT2D eigenvalue weighted by Gasteiger charge is 2.27. The second-order valence-corrected chi connectivity index (χ2v) is 6.90. The average Bonchev–Trinajstić information content (AvgIpc) is 2.36. The van der Waals surface area contributed by atoms with Crippen molar-refractivity contribution in [1.82, 2.24) is 4.90 Å². The van der Waals surface area contributed by atoms with Gasteiger partial charge in [0, 0.05) is 18.5 Å². The Bertz CT molecular complexity index is 443. The van der Waals surface area contributed by atoms with Crippen LogP contribution in [-0.4, -0.2) is 29.3 Å². The molecule has 1 rings (SSSR count). The number of alkyl halides is 1. The van der Waals surface area contributed by atoms with E-state index in [9.17, 15) is 4.79 Å². The van der Waals surface area contributed by atoms with Crippen molar-refractivity contribution in [1.29, 1.82) is 0 Å².